The number of carbonyl (C=O) groups is 1. The van der Waals surface area contributed by atoms with Crippen molar-refractivity contribution in [2.75, 3.05) is 25.5 Å². The highest BCUT2D eigenvalue weighted by Gasteiger charge is 2.21. The van der Waals surface area contributed by atoms with Crippen LogP contribution in [0.4, 0.5) is 14.9 Å². The summed E-state index contributed by atoms with van der Waals surface area (Å²) in [6.45, 7) is 1.50. The normalized spacial score (nSPS) is 13.6. The number of pyridine rings is 2. The van der Waals surface area contributed by atoms with Gasteiger partial charge >= 0.3 is 6.03 Å². The zero-order valence-electron chi connectivity index (χ0n) is 19.2. The lowest BCUT2D eigenvalue weighted by molar-refractivity contribution is 0.256. The van der Waals surface area contributed by atoms with E-state index in [1.807, 2.05) is 18.0 Å². The molecule has 0 unspecified atom stereocenters. The number of halogens is 1. The van der Waals surface area contributed by atoms with Crippen LogP contribution in [-0.4, -0.2) is 60.0 Å². The van der Waals surface area contributed by atoms with Crippen LogP contribution in [0.5, 0.6) is 5.88 Å². The van der Waals surface area contributed by atoms with Crippen LogP contribution in [0.25, 0.3) is 16.6 Å². The third-order valence-corrected chi connectivity index (χ3v) is 8.29. The molecular weight excluding hydrogens is 523 g/mol. The second-order valence-corrected chi connectivity index (χ2v) is 11.0. The lowest BCUT2D eigenvalue weighted by Crippen LogP contribution is -2.34. The number of carbonyl (C=O) groups excluding carboxylic acids is 1. The first-order valence-corrected chi connectivity index (χ1v) is 13.1. The quantitative estimate of drug-likeness (QED) is 0.351. The van der Waals surface area contributed by atoms with Gasteiger partial charge in [-0.15, -0.1) is 0 Å². The molecule has 4 aromatic rings. The zero-order chi connectivity index (χ0) is 26.3. The number of aliphatic imine (C=N–C) groups is 1. The number of hydrogen-bond donors (Lipinski definition) is 3. The molecule has 0 saturated carbocycles. The number of benzene rings is 1. The van der Waals surface area contributed by atoms with Gasteiger partial charge in [0.1, 0.15) is 15.9 Å². The van der Waals surface area contributed by atoms with Crippen LogP contribution in [0.15, 0.2) is 68.7 Å². The Morgan fingerprint density at radius 3 is 2.62 bits per heavy atom. The number of urea groups is 1. The maximum Gasteiger partial charge on any atom is 0.333 e. The van der Waals surface area contributed by atoms with E-state index in [0.717, 1.165) is 34.6 Å². The molecule has 0 aliphatic carbocycles. The highest BCUT2D eigenvalue weighted by molar-refractivity contribution is 7.92. The third-order valence-electron chi connectivity index (χ3n) is 5.60. The molecule has 1 aromatic carbocycles. The van der Waals surface area contributed by atoms with Gasteiger partial charge in [-0.3, -0.25) is 9.79 Å². The van der Waals surface area contributed by atoms with Crippen molar-refractivity contribution in [1.82, 2.24) is 19.2 Å². The number of thiophene rings is 1. The molecule has 37 heavy (non-hydrogen) atoms. The van der Waals surface area contributed by atoms with E-state index >= 15 is 0 Å². The molecule has 0 bridgehead atoms. The molecule has 3 N–H and O–H groups in total. The van der Waals surface area contributed by atoms with Crippen LogP contribution in [-0.2, 0) is 10.0 Å². The van der Waals surface area contributed by atoms with Crippen molar-refractivity contribution in [1.29, 1.82) is 0 Å². The van der Waals surface area contributed by atoms with Crippen LogP contribution in [0.1, 0.15) is 5.56 Å². The number of rotatable bonds is 5. The van der Waals surface area contributed by atoms with E-state index in [4.69, 9.17) is 0 Å². The number of fused-ring (bicyclic) bond motifs is 1. The van der Waals surface area contributed by atoms with Crippen LogP contribution in [0.2, 0.25) is 0 Å². The molecular formula is C23H19FN6O5S2. The van der Waals surface area contributed by atoms with E-state index in [2.05, 4.69) is 15.3 Å². The molecule has 0 spiro atoms. The lowest BCUT2D eigenvalue weighted by atomic mass is 10.1. The van der Waals surface area contributed by atoms with Crippen LogP contribution >= 0.6 is 11.3 Å². The molecule has 2 amide bonds. The summed E-state index contributed by atoms with van der Waals surface area (Å²) in [5, 5.41) is 13.4. The summed E-state index contributed by atoms with van der Waals surface area (Å²) in [4.78, 5) is 35.6. The molecule has 14 heteroatoms. The van der Waals surface area contributed by atoms with E-state index in [1.165, 1.54) is 24.4 Å². The van der Waals surface area contributed by atoms with Crippen molar-refractivity contribution in [3.8, 4) is 11.7 Å². The fourth-order valence-electron chi connectivity index (χ4n) is 3.88. The minimum Gasteiger partial charge on any atom is -0.494 e. The predicted octanol–water partition coefficient (Wildman–Crippen LogP) is 2.49. The van der Waals surface area contributed by atoms with E-state index in [9.17, 15) is 27.5 Å². The van der Waals surface area contributed by atoms with Crippen molar-refractivity contribution < 1.29 is 22.7 Å². The predicted molar refractivity (Wildman–Crippen MR) is 137 cm³/mol. The van der Waals surface area contributed by atoms with Gasteiger partial charge in [-0.2, -0.15) is 4.39 Å². The van der Waals surface area contributed by atoms with Crippen molar-refractivity contribution in [3.63, 3.8) is 0 Å². The van der Waals surface area contributed by atoms with Gasteiger partial charge in [-0.05, 0) is 41.8 Å². The number of aromatic hydroxyl groups is 1. The minimum atomic E-state index is -4.25. The summed E-state index contributed by atoms with van der Waals surface area (Å²) in [5.41, 5.74) is 0.430. The maximum absolute atomic E-state index is 13.1. The Bertz CT molecular complexity index is 1730. The summed E-state index contributed by atoms with van der Waals surface area (Å²) in [6.07, 6.45) is 1.19. The molecule has 0 radical (unpaired) electrons. The number of aromatic nitrogens is 2. The van der Waals surface area contributed by atoms with Crippen molar-refractivity contribution in [2.24, 2.45) is 4.99 Å². The largest absolute Gasteiger partial charge is 0.494 e. The SMILES string of the molecule is CN1CCN=C1c1ccc2c(O)n(-c3ccc(NC(=O)NS(=O)(=O)c4ccc(F)s4)cn3)c(=O)cc2c1. The third kappa shape index (κ3) is 4.75. The van der Waals surface area contributed by atoms with Gasteiger partial charge < -0.3 is 15.3 Å². The van der Waals surface area contributed by atoms with Gasteiger partial charge in [0.2, 0.25) is 5.88 Å². The smallest absolute Gasteiger partial charge is 0.333 e. The van der Waals surface area contributed by atoms with Gasteiger partial charge in [0.05, 0.1) is 18.4 Å². The monoisotopic (exact) mass is 542 g/mol. The number of amides is 2. The Balaban J connectivity index is 1.37. The molecule has 0 atom stereocenters. The van der Waals surface area contributed by atoms with Gasteiger partial charge in [-0.1, -0.05) is 17.4 Å². The number of nitrogens with one attached hydrogen (secondary N) is 2. The standard InChI is InChI=1S/C23H19FN6O5S2/c1-29-9-8-25-21(29)13-2-4-16-14(10-13)11-19(31)30(22(16)32)18-6-3-15(12-26-18)27-23(33)28-37(34,35)20-7-5-17(24)36-20/h2-7,10-12,32H,8-9H2,1H3,(H2,27,28,33). The first kappa shape index (κ1) is 24.4. The molecule has 1 aliphatic heterocycles. The summed E-state index contributed by atoms with van der Waals surface area (Å²) < 4.78 is 39.9. The van der Waals surface area contributed by atoms with Crippen molar-refractivity contribution >= 4 is 49.7 Å². The summed E-state index contributed by atoms with van der Waals surface area (Å²) in [7, 11) is -2.31. The van der Waals surface area contributed by atoms with Crippen LogP contribution in [0.3, 0.4) is 0 Å². The maximum atomic E-state index is 13.1. The average molecular weight is 543 g/mol. The first-order valence-electron chi connectivity index (χ1n) is 10.8. The number of anilines is 1. The van der Waals surface area contributed by atoms with Gasteiger partial charge in [0.15, 0.2) is 5.13 Å². The van der Waals surface area contributed by atoms with Crippen LogP contribution in [0, 0.1) is 5.13 Å². The van der Waals surface area contributed by atoms with Crippen molar-refractivity contribution in [2.45, 2.75) is 4.21 Å². The molecule has 0 fully saturated rings. The zero-order valence-corrected chi connectivity index (χ0v) is 20.8. The highest BCUT2D eigenvalue weighted by atomic mass is 32.2. The second-order valence-electron chi connectivity index (χ2n) is 8.09. The van der Waals surface area contributed by atoms with E-state index in [-0.39, 0.29) is 21.6 Å². The number of hydrogen-bond acceptors (Lipinski definition) is 9. The molecule has 0 saturated heterocycles. The number of likely N-dealkylation sites (N-methyl/N-ethyl adjacent to an activating group) is 1. The van der Waals surface area contributed by atoms with Crippen LogP contribution < -0.4 is 15.6 Å². The number of sulfonamides is 1. The molecule has 1 aliphatic rings. The highest BCUT2D eigenvalue weighted by Crippen LogP contribution is 2.27. The Labute approximate surface area is 213 Å². The Hall–Kier alpha value is -4.30. The van der Waals surface area contributed by atoms with E-state index in [1.54, 1.807) is 16.9 Å². The Morgan fingerprint density at radius 2 is 1.97 bits per heavy atom. The summed E-state index contributed by atoms with van der Waals surface area (Å²) >= 11 is 0.380. The fraction of sp³-hybridized carbons (Fsp3) is 0.130. The minimum absolute atomic E-state index is 0.0843. The second kappa shape index (κ2) is 9.29. The number of amidine groups is 1. The molecule has 11 nitrogen and oxygen atoms in total. The van der Waals surface area contributed by atoms with E-state index in [0.29, 0.717) is 28.7 Å². The van der Waals surface area contributed by atoms with Gasteiger partial charge in [-0.25, -0.2) is 27.5 Å². The molecule has 190 valence electrons. The van der Waals surface area contributed by atoms with Gasteiger partial charge in [0, 0.05) is 30.6 Å². The topological polar surface area (TPSA) is 146 Å². The molecule has 3 aromatic heterocycles. The molecule has 5 rings (SSSR count). The Kier molecular flexibility index (Phi) is 6.13. The Morgan fingerprint density at radius 1 is 1.16 bits per heavy atom. The first-order chi connectivity index (χ1) is 17.6. The number of nitrogens with zero attached hydrogens (tertiary/aromatic N) is 4. The lowest BCUT2D eigenvalue weighted by Gasteiger charge is -2.15. The fourth-order valence-corrected chi connectivity index (χ4v) is 5.79. The average Bonchev–Trinajstić information content (AvgIpc) is 3.48. The van der Waals surface area contributed by atoms with Crippen molar-refractivity contribution in [3.05, 3.63) is 75.8 Å². The summed E-state index contributed by atoms with van der Waals surface area (Å²) in [5.74, 6) is 0.590. The van der Waals surface area contributed by atoms with E-state index < -0.39 is 26.7 Å². The van der Waals surface area contributed by atoms with Gasteiger partial charge in [0.25, 0.3) is 15.6 Å². The molecule has 4 heterocycles. The summed E-state index contributed by atoms with van der Waals surface area (Å²) in [6, 6.07) is 10.4.